The molecule has 9 N–H and O–H groups in total. The maximum Gasteiger partial charge on any atom is 0.241 e. The number of hydrogen-bond acceptors (Lipinski definition) is 10. The molecule has 14 nitrogen and oxygen atoms in total. The molecule has 0 unspecified atom stereocenters. The minimum absolute atomic E-state index is 0.0171. The lowest BCUT2D eigenvalue weighted by molar-refractivity contribution is 0.574. The number of nitrogens with two attached hydrogens (primary N) is 3. The number of primary sulfonamides is 1. The van der Waals surface area contributed by atoms with E-state index in [1.807, 2.05) is 0 Å². The molecule has 0 bridgehead atoms. The summed E-state index contributed by atoms with van der Waals surface area (Å²) in [5, 5.41) is 18.4. The zero-order valence-electron chi connectivity index (χ0n) is 16.6. The van der Waals surface area contributed by atoms with Crippen LogP contribution in [0.2, 0.25) is 0 Å². The van der Waals surface area contributed by atoms with Crippen molar-refractivity contribution in [2.45, 2.75) is 9.79 Å². The van der Waals surface area contributed by atoms with E-state index in [1.165, 1.54) is 6.07 Å². The van der Waals surface area contributed by atoms with E-state index in [0.29, 0.717) is 0 Å². The van der Waals surface area contributed by atoms with Gasteiger partial charge in [-0.05, 0) is 34.2 Å². The minimum Gasteiger partial charge on any atom is -0.369 e. The first-order valence-corrected chi connectivity index (χ1v) is 12.1. The Bertz CT molecular complexity index is 1570. The summed E-state index contributed by atoms with van der Waals surface area (Å²) in [6.45, 7) is -0.201. The van der Waals surface area contributed by atoms with Gasteiger partial charge in [0.2, 0.25) is 20.0 Å². The number of aromatic nitrogens is 6. The molecule has 174 valence electrons. The number of nitrogens with zero attached hydrogens (tertiary/aromatic N) is 4. The molecule has 0 amide bonds. The summed E-state index contributed by atoms with van der Waals surface area (Å²) < 4.78 is 67.6. The van der Waals surface area contributed by atoms with Crippen LogP contribution in [0, 0.1) is 5.82 Å². The number of anilines is 1. The maximum atomic E-state index is 14.4. The van der Waals surface area contributed by atoms with Gasteiger partial charge in [-0.2, -0.15) is 0 Å². The van der Waals surface area contributed by atoms with Crippen LogP contribution in [0.3, 0.4) is 0 Å². The first-order chi connectivity index (χ1) is 15.5. The number of nitrogens with one attached hydrogen (secondary N) is 3. The lowest BCUT2D eigenvalue weighted by atomic mass is 9.97. The van der Waals surface area contributed by atoms with Gasteiger partial charge in [-0.1, -0.05) is 6.07 Å². The second-order valence-corrected chi connectivity index (χ2v) is 10.0. The van der Waals surface area contributed by atoms with Gasteiger partial charge in [-0.25, -0.2) is 41.2 Å². The molecule has 0 aliphatic rings. The van der Waals surface area contributed by atoms with Crippen molar-refractivity contribution < 1.29 is 21.2 Å². The van der Waals surface area contributed by atoms with E-state index in [0.717, 1.165) is 18.2 Å². The number of imidazole rings is 1. The normalized spacial score (nSPS) is 12.5. The van der Waals surface area contributed by atoms with Gasteiger partial charge in [0, 0.05) is 18.7 Å². The average Bonchev–Trinajstić information content (AvgIpc) is 3.39. The lowest BCUT2D eigenvalue weighted by Gasteiger charge is -2.17. The summed E-state index contributed by atoms with van der Waals surface area (Å²) >= 11 is 0. The van der Waals surface area contributed by atoms with Gasteiger partial charge in [0.05, 0.1) is 16.6 Å². The second-order valence-electron chi connectivity index (χ2n) is 6.77. The van der Waals surface area contributed by atoms with Crippen LogP contribution in [0.15, 0.2) is 34.1 Å². The SMILES string of the molecule is NCCNS(=O)(=O)c1ccc(-c2cc(F)cc3[nH]c(N)nc23)c(-c2nnn[nH]2)c1S(N)(=O)=O. The summed E-state index contributed by atoms with van der Waals surface area (Å²) in [6, 6.07) is 4.52. The number of rotatable bonds is 7. The number of fused-ring (bicyclic) bond motifs is 1. The van der Waals surface area contributed by atoms with E-state index in [9.17, 15) is 21.2 Å². The third-order valence-corrected chi connectivity index (χ3v) is 7.20. The second kappa shape index (κ2) is 8.12. The molecule has 0 radical (unpaired) electrons. The molecule has 2 aromatic carbocycles. The fraction of sp³-hybridized carbons (Fsp3) is 0.125. The molecular weight excluding hydrogens is 479 g/mol. The van der Waals surface area contributed by atoms with E-state index >= 15 is 0 Å². The number of tetrazole rings is 1. The van der Waals surface area contributed by atoms with Crippen LogP contribution in [-0.4, -0.2) is 60.5 Å². The summed E-state index contributed by atoms with van der Waals surface area (Å²) in [6.07, 6.45) is 0. The van der Waals surface area contributed by atoms with E-state index < -0.39 is 35.7 Å². The first kappa shape index (κ1) is 22.7. The average molecular weight is 497 g/mol. The fourth-order valence-electron chi connectivity index (χ4n) is 3.36. The van der Waals surface area contributed by atoms with Crippen molar-refractivity contribution in [2.24, 2.45) is 10.9 Å². The number of sulfonamides is 2. The summed E-state index contributed by atoms with van der Waals surface area (Å²) in [5.74, 6) is -0.941. The topological polar surface area (TPSA) is 242 Å². The number of H-pyrrole nitrogens is 2. The maximum absolute atomic E-state index is 14.4. The molecular formula is C16H17FN10O4S2. The van der Waals surface area contributed by atoms with Crippen molar-refractivity contribution in [3.8, 4) is 22.5 Å². The fourth-order valence-corrected chi connectivity index (χ4v) is 6.01. The first-order valence-electron chi connectivity index (χ1n) is 9.11. The molecule has 2 aromatic heterocycles. The van der Waals surface area contributed by atoms with Crippen LogP contribution in [0.1, 0.15) is 0 Å². The summed E-state index contributed by atoms with van der Waals surface area (Å²) in [4.78, 5) is 5.34. The Morgan fingerprint density at radius 1 is 1.12 bits per heavy atom. The van der Waals surface area contributed by atoms with E-state index in [1.54, 1.807) is 0 Å². The highest BCUT2D eigenvalue weighted by atomic mass is 32.2. The van der Waals surface area contributed by atoms with Crippen LogP contribution in [0.4, 0.5) is 10.3 Å². The highest BCUT2D eigenvalue weighted by molar-refractivity contribution is 7.92. The standard InChI is InChI=1S/C16H17FN10O4S2/c17-7-5-9(13-10(6-7)22-16(19)23-13)8-1-2-11(33(30,31)21-4-3-18)14(32(20,28)29)12(8)15-24-26-27-25-15/h1-2,5-6,21H,3-4,18H2,(H3,19,22,23)(H2,20,28,29)(H,24,25,26,27). The molecule has 0 aliphatic carbocycles. The number of nitrogen functional groups attached to an aromatic ring is 1. The highest BCUT2D eigenvalue weighted by Gasteiger charge is 2.32. The number of halogens is 1. The molecule has 0 aliphatic heterocycles. The van der Waals surface area contributed by atoms with Gasteiger partial charge in [0.25, 0.3) is 0 Å². The zero-order valence-corrected chi connectivity index (χ0v) is 18.2. The van der Waals surface area contributed by atoms with Gasteiger partial charge >= 0.3 is 0 Å². The van der Waals surface area contributed by atoms with Crippen LogP contribution in [-0.2, 0) is 20.0 Å². The highest BCUT2D eigenvalue weighted by Crippen LogP contribution is 2.41. The summed E-state index contributed by atoms with van der Waals surface area (Å²) in [7, 11) is -9.08. The van der Waals surface area contributed by atoms with E-state index in [2.05, 4.69) is 35.3 Å². The van der Waals surface area contributed by atoms with Crippen molar-refractivity contribution in [1.82, 2.24) is 35.3 Å². The largest absolute Gasteiger partial charge is 0.369 e. The molecule has 17 heteroatoms. The molecule has 0 saturated carbocycles. The molecule has 2 heterocycles. The number of hydrogen-bond donors (Lipinski definition) is 6. The van der Waals surface area contributed by atoms with Gasteiger partial charge in [0.15, 0.2) is 11.8 Å². The van der Waals surface area contributed by atoms with Gasteiger partial charge in [-0.15, -0.1) is 5.10 Å². The number of aromatic amines is 2. The predicted molar refractivity (Wildman–Crippen MR) is 115 cm³/mol. The van der Waals surface area contributed by atoms with Crippen molar-refractivity contribution in [1.29, 1.82) is 0 Å². The van der Waals surface area contributed by atoms with Crippen molar-refractivity contribution in [2.75, 3.05) is 18.8 Å². The third-order valence-electron chi connectivity index (χ3n) is 4.57. The number of benzene rings is 2. The van der Waals surface area contributed by atoms with E-state index in [4.69, 9.17) is 16.6 Å². The van der Waals surface area contributed by atoms with Crippen LogP contribution >= 0.6 is 0 Å². The predicted octanol–water partition coefficient (Wildman–Crippen LogP) is -0.984. The monoisotopic (exact) mass is 496 g/mol. The Hall–Kier alpha value is -3.51. The smallest absolute Gasteiger partial charge is 0.241 e. The van der Waals surface area contributed by atoms with Crippen molar-refractivity contribution in [3.63, 3.8) is 0 Å². The van der Waals surface area contributed by atoms with Gasteiger partial charge in [-0.3, -0.25) is 0 Å². The Morgan fingerprint density at radius 3 is 2.52 bits per heavy atom. The minimum atomic E-state index is -4.70. The van der Waals surface area contributed by atoms with Crippen LogP contribution in [0.5, 0.6) is 0 Å². The van der Waals surface area contributed by atoms with Crippen LogP contribution in [0.25, 0.3) is 33.5 Å². The summed E-state index contributed by atoms with van der Waals surface area (Å²) in [5.41, 5.74) is 11.3. The van der Waals surface area contributed by atoms with Crippen LogP contribution < -0.4 is 21.3 Å². The zero-order chi connectivity index (χ0) is 24.0. The molecule has 4 aromatic rings. The Labute approximate surface area is 185 Å². The molecule has 33 heavy (non-hydrogen) atoms. The van der Waals surface area contributed by atoms with Gasteiger partial charge in [0.1, 0.15) is 15.6 Å². The van der Waals surface area contributed by atoms with Crippen molar-refractivity contribution in [3.05, 3.63) is 30.1 Å². The molecule has 0 fully saturated rings. The Balaban J connectivity index is 2.16. The molecule has 0 atom stereocenters. The molecule has 0 saturated heterocycles. The molecule has 4 rings (SSSR count). The quantitative estimate of drug-likeness (QED) is 0.182. The Kier molecular flexibility index (Phi) is 5.58. The van der Waals surface area contributed by atoms with Gasteiger partial charge < -0.3 is 16.5 Å². The lowest BCUT2D eigenvalue weighted by Crippen LogP contribution is -2.31. The van der Waals surface area contributed by atoms with Crippen molar-refractivity contribution >= 4 is 37.0 Å². The molecule has 0 spiro atoms. The Morgan fingerprint density at radius 2 is 1.88 bits per heavy atom. The van der Waals surface area contributed by atoms with E-state index in [-0.39, 0.29) is 52.6 Å². The third kappa shape index (κ3) is 4.14.